The molecule has 0 saturated heterocycles. The minimum absolute atomic E-state index is 0.0497. The molecule has 0 saturated carbocycles. The van der Waals surface area contributed by atoms with Crippen LogP contribution in [0.25, 0.3) is 10.9 Å². The van der Waals surface area contributed by atoms with Crippen molar-refractivity contribution in [3.63, 3.8) is 0 Å². The van der Waals surface area contributed by atoms with Crippen LogP contribution in [-0.2, 0) is 20.9 Å². The summed E-state index contributed by atoms with van der Waals surface area (Å²) in [5, 5.41) is 3.06. The van der Waals surface area contributed by atoms with Gasteiger partial charge in [0.15, 0.2) is 5.82 Å². The maximum atomic E-state index is 11.6. The molecular weight excluding hydrogens is 432 g/mol. The molecule has 2 aliphatic heterocycles. The summed E-state index contributed by atoms with van der Waals surface area (Å²) < 4.78 is 10.7. The summed E-state index contributed by atoms with van der Waals surface area (Å²) in [6.45, 7) is 3.32. The second kappa shape index (κ2) is 10.0. The highest BCUT2D eigenvalue weighted by Gasteiger charge is 2.20. The molecule has 2 aliphatic rings. The van der Waals surface area contributed by atoms with Gasteiger partial charge in [-0.2, -0.15) is 4.98 Å². The number of hydrogen-bond donors (Lipinski definition) is 0. The van der Waals surface area contributed by atoms with E-state index in [-0.39, 0.29) is 12.8 Å². The zero-order valence-corrected chi connectivity index (χ0v) is 18.8. The highest BCUT2D eigenvalue weighted by molar-refractivity contribution is 6.31. The highest BCUT2D eigenvalue weighted by Crippen LogP contribution is 2.31. The van der Waals surface area contributed by atoms with Gasteiger partial charge in [0.1, 0.15) is 5.75 Å². The lowest BCUT2D eigenvalue weighted by Gasteiger charge is -2.25. The fourth-order valence-electron chi connectivity index (χ4n) is 3.42. The summed E-state index contributed by atoms with van der Waals surface area (Å²) in [4.78, 5) is 29.0. The Morgan fingerprint density at radius 1 is 1.22 bits per heavy atom. The van der Waals surface area contributed by atoms with Gasteiger partial charge in [-0.1, -0.05) is 23.7 Å². The first kappa shape index (κ1) is 22.1. The van der Waals surface area contributed by atoms with Gasteiger partial charge in [-0.25, -0.2) is 14.9 Å². The number of esters is 1. The van der Waals surface area contributed by atoms with Crippen LogP contribution in [0.5, 0.6) is 5.75 Å². The van der Waals surface area contributed by atoms with Crippen LogP contribution in [0, 0.1) is 0 Å². The third kappa shape index (κ3) is 5.20. The summed E-state index contributed by atoms with van der Waals surface area (Å²) in [5.41, 5.74) is 1.79. The van der Waals surface area contributed by atoms with E-state index in [2.05, 4.69) is 0 Å². The van der Waals surface area contributed by atoms with Crippen molar-refractivity contribution in [3.05, 3.63) is 53.1 Å². The number of hydrogen-bond acceptors (Lipinski definition) is 8. The molecule has 32 heavy (non-hydrogen) atoms. The number of fused-ring (bicyclic) bond motifs is 7. The number of ether oxygens (including phenoxy) is 2. The first-order valence-corrected chi connectivity index (χ1v) is 10.9. The normalized spacial score (nSPS) is 13.3. The summed E-state index contributed by atoms with van der Waals surface area (Å²) in [6, 6.07) is 13.3. The van der Waals surface area contributed by atoms with Gasteiger partial charge in [-0.3, -0.25) is 4.79 Å². The van der Waals surface area contributed by atoms with Crippen LogP contribution < -0.4 is 14.7 Å². The standard InChI is InChI=1S/C23H25ClN4O4/c1-3-30-21(29)5-4-12-27(2)23-25-20-11-8-17(24)13-19(20)22(26-23)28-14-16-6-9-18(10-7-16)31-15-32-28/h6-11,13H,3-5,12,14-15H2,1-2H3. The monoisotopic (exact) mass is 456 g/mol. The molecule has 0 unspecified atom stereocenters. The Morgan fingerprint density at radius 3 is 2.81 bits per heavy atom. The molecule has 0 atom stereocenters. The van der Waals surface area contributed by atoms with Crippen molar-refractivity contribution in [2.45, 2.75) is 26.3 Å². The van der Waals surface area contributed by atoms with Gasteiger partial charge in [-0.15, -0.1) is 0 Å². The van der Waals surface area contributed by atoms with E-state index < -0.39 is 0 Å². The second-order valence-corrected chi connectivity index (χ2v) is 7.85. The molecule has 0 fully saturated rings. The molecule has 8 nitrogen and oxygen atoms in total. The first-order valence-electron chi connectivity index (χ1n) is 10.5. The zero-order valence-electron chi connectivity index (χ0n) is 18.1. The zero-order chi connectivity index (χ0) is 22.5. The first-order chi connectivity index (χ1) is 15.5. The van der Waals surface area contributed by atoms with Crippen molar-refractivity contribution in [3.8, 4) is 5.75 Å². The Balaban J connectivity index is 1.63. The van der Waals surface area contributed by atoms with Gasteiger partial charge < -0.3 is 14.4 Å². The Hall–Kier alpha value is -3.10. The lowest BCUT2D eigenvalue weighted by molar-refractivity contribution is -0.143. The van der Waals surface area contributed by atoms with E-state index in [1.165, 1.54) is 0 Å². The summed E-state index contributed by atoms with van der Waals surface area (Å²) in [6.07, 6.45) is 0.976. The molecule has 0 N–H and O–H groups in total. The Kier molecular flexibility index (Phi) is 6.92. The van der Waals surface area contributed by atoms with Crippen LogP contribution in [0.1, 0.15) is 25.3 Å². The molecule has 3 heterocycles. The number of anilines is 2. The summed E-state index contributed by atoms with van der Waals surface area (Å²) in [7, 11) is 1.90. The molecule has 1 aromatic heterocycles. The minimum Gasteiger partial charge on any atom is -0.466 e. The third-order valence-corrected chi connectivity index (χ3v) is 5.30. The number of rotatable bonds is 7. The number of aromatic nitrogens is 2. The predicted octanol–water partition coefficient (Wildman–Crippen LogP) is 4.35. The second-order valence-electron chi connectivity index (χ2n) is 7.41. The van der Waals surface area contributed by atoms with Crippen LogP contribution in [-0.4, -0.2) is 42.9 Å². The van der Waals surface area contributed by atoms with E-state index in [1.54, 1.807) is 18.1 Å². The van der Waals surface area contributed by atoms with Gasteiger partial charge in [0.05, 0.1) is 18.7 Å². The molecule has 5 rings (SSSR count). The van der Waals surface area contributed by atoms with Gasteiger partial charge in [-0.05, 0) is 49.2 Å². The largest absolute Gasteiger partial charge is 0.466 e. The van der Waals surface area contributed by atoms with Crippen molar-refractivity contribution in [1.82, 2.24) is 9.97 Å². The molecule has 9 heteroatoms. The van der Waals surface area contributed by atoms with E-state index in [4.69, 9.17) is 35.9 Å². The smallest absolute Gasteiger partial charge is 0.305 e. The molecule has 3 aromatic rings. The van der Waals surface area contributed by atoms with Gasteiger partial charge in [0, 0.05) is 30.4 Å². The van der Waals surface area contributed by atoms with Crippen molar-refractivity contribution >= 4 is 40.2 Å². The van der Waals surface area contributed by atoms with Crippen LogP contribution in [0.4, 0.5) is 11.8 Å². The number of halogens is 1. The van der Waals surface area contributed by atoms with E-state index in [9.17, 15) is 4.79 Å². The number of nitrogens with zero attached hydrogens (tertiary/aromatic N) is 4. The van der Waals surface area contributed by atoms with E-state index in [0.717, 1.165) is 22.2 Å². The van der Waals surface area contributed by atoms with E-state index in [1.807, 2.05) is 48.3 Å². The van der Waals surface area contributed by atoms with Crippen LogP contribution >= 0.6 is 11.6 Å². The van der Waals surface area contributed by atoms with Crippen molar-refractivity contribution < 1.29 is 19.1 Å². The molecule has 0 spiro atoms. The third-order valence-electron chi connectivity index (χ3n) is 5.07. The van der Waals surface area contributed by atoms with Crippen LogP contribution in [0.2, 0.25) is 5.02 Å². The Morgan fingerprint density at radius 2 is 2.03 bits per heavy atom. The van der Waals surface area contributed by atoms with E-state index in [0.29, 0.717) is 49.3 Å². The minimum atomic E-state index is -0.202. The van der Waals surface area contributed by atoms with Gasteiger partial charge in [0.25, 0.3) is 0 Å². The maximum Gasteiger partial charge on any atom is 0.305 e. The lowest BCUT2D eigenvalue weighted by atomic mass is 10.2. The van der Waals surface area contributed by atoms with Gasteiger partial charge >= 0.3 is 5.97 Å². The summed E-state index contributed by atoms with van der Waals surface area (Å²) in [5.74, 6) is 1.66. The van der Waals surface area contributed by atoms with Crippen molar-refractivity contribution in [2.75, 3.05) is 37.0 Å². The van der Waals surface area contributed by atoms with Crippen LogP contribution in [0.3, 0.4) is 0 Å². The number of carbonyl (C=O) groups excluding carboxylic acids is 1. The molecule has 2 bridgehead atoms. The number of benzene rings is 2. The highest BCUT2D eigenvalue weighted by atomic mass is 35.5. The fourth-order valence-corrected chi connectivity index (χ4v) is 3.60. The van der Waals surface area contributed by atoms with Crippen molar-refractivity contribution in [2.24, 2.45) is 0 Å². The number of carbonyl (C=O) groups is 1. The molecule has 0 amide bonds. The predicted molar refractivity (Wildman–Crippen MR) is 123 cm³/mol. The lowest BCUT2D eigenvalue weighted by Crippen LogP contribution is -2.28. The maximum absolute atomic E-state index is 11.6. The average Bonchev–Trinajstić information content (AvgIpc) is 2.95. The molecule has 168 valence electrons. The average molecular weight is 457 g/mol. The molecular formula is C23H25ClN4O4. The molecule has 0 radical (unpaired) electrons. The summed E-state index contributed by atoms with van der Waals surface area (Å²) >= 11 is 6.28. The fraction of sp³-hybridized carbons (Fsp3) is 0.348. The molecule has 2 aromatic carbocycles. The van der Waals surface area contributed by atoms with Gasteiger partial charge in [0.2, 0.25) is 12.7 Å². The Labute approximate surface area is 191 Å². The SMILES string of the molecule is CCOC(=O)CCCN(C)c1nc(N2Cc3ccc(cc3)OCO2)c2cc(Cl)ccc2n1. The van der Waals surface area contributed by atoms with Crippen LogP contribution in [0.15, 0.2) is 42.5 Å². The van der Waals surface area contributed by atoms with Crippen molar-refractivity contribution in [1.29, 1.82) is 0 Å². The number of hydroxylamine groups is 1. The topological polar surface area (TPSA) is 77.0 Å². The quantitative estimate of drug-likeness (QED) is 0.485. The molecule has 0 aliphatic carbocycles. The van der Waals surface area contributed by atoms with E-state index >= 15 is 0 Å². The Bertz CT molecular complexity index is 1090.